The number of benzene rings is 3. The Balaban J connectivity index is 1.73. The molecule has 0 aliphatic carbocycles. The third-order valence-electron chi connectivity index (χ3n) is 5.77. The Labute approximate surface area is 233 Å². The molecule has 0 unspecified atom stereocenters. The summed E-state index contributed by atoms with van der Waals surface area (Å²) in [5.41, 5.74) is 2.52. The van der Waals surface area contributed by atoms with Gasteiger partial charge in [-0.1, -0.05) is 34.1 Å². The van der Waals surface area contributed by atoms with Crippen molar-refractivity contribution in [2.24, 2.45) is 0 Å². The average molecular weight is 592 g/mol. The van der Waals surface area contributed by atoms with E-state index in [4.69, 9.17) is 26.4 Å². The highest BCUT2D eigenvalue weighted by Gasteiger charge is 2.40. The van der Waals surface area contributed by atoms with Gasteiger partial charge in [0.2, 0.25) is 0 Å². The predicted octanol–water partition coefficient (Wildman–Crippen LogP) is 5.06. The SMILES string of the molecule is COC(=O)CN1C(=S)N(c2ccc(OC)cc2)C(=O)/C1=C/c1cc(Br)ccc1OCc1ccccc1C#N. The first-order valence-electron chi connectivity index (χ1n) is 11.3. The summed E-state index contributed by atoms with van der Waals surface area (Å²) >= 11 is 9.10. The Hall–Kier alpha value is -4.20. The molecule has 1 amide bonds. The van der Waals surface area contributed by atoms with E-state index >= 15 is 0 Å². The monoisotopic (exact) mass is 591 g/mol. The molecule has 8 nitrogen and oxygen atoms in total. The summed E-state index contributed by atoms with van der Waals surface area (Å²) in [5.74, 6) is 0.141. The van der Waals surface area contributed by atoms with Gasteiger partial charge in [-0.2, -0.15) is 5.26 Å². The molecular weight excluding hydrogens is 570 g/mol. The maximum absolute atomic E-state index is 13.7. The van der Waals surface area contributed by atoms with Crippen molar-refractivity contribution in [3.05, 3.63) is 93.6 Å². The van der Waals surface area contributed by atoms with Gasteiger partial charge in [-0.15, -0.1) is 0 Å². The summed E-state index contributed by atoms with van der Waals surface area (Å²) in [5, 5.41) is 9.53. The number of thiocarbonyl (C=S) groups is 1. The number of carbonyl (C=O) groups excluding carboxylic acids is 2. The van der Waals surface area contributed by atoms with Crippen LogP contribution in [-0.4, -0.2) is 42.7 Å². The Bertz CT molecular complexity index is 1470. The highest BCUT2D eigenvalue weighted by atomic mass is 79.9. The third-order valence-corrected chi connectivity index (χ3v) is 6.66. The minimum absolute atomic E-state index is 0.136. The molecule has 1 heterocycles. The predicted molar refractivity (Wildman–Crippen MR) is 149 cm³/mol. The van der Waals surface area contributed by atoms with Gasteiger partial charge < -0.3 is 19.1 Å². The number of methoxy groups -OCH3 is 2. The van der Waals surface area contributed by atoms with Crippen LogP contribution in [0.4, 0.5) is 5.69 Å². The maximum atomic E-state index is 13.7. The molecule has 1 saturated heterocycles. The highest BCUT2D eigenvalue weighted by Crippen LogP contribution is 2.33. The Morgan fingerprint density at radius 1 is 1.11 bits per heavy atom. The van der Waals surface area contributed by atoms with Crippen LogP contribution >= 0.6 is 28.1 Å². The third kappa shape index (κ3) is 5.69. The minimum Gasteiger partial charge on any atom is -0.497 e. The molecule has 38 heavy (non-hydrogen) atoms. The van der Waals surface area contributed by atoms with Gasteiger partial charge >= 0.3 is 5.97 Å². The Morgan fingerprint density at radius 2 is 1.84 bits per heavy atom. The number of nitrogens with zero attached hydrogens (tertiary/aromatic N) is 3. The number of hydrogen-bond donors (Lipinski definition) is 0. The summed E-state index contributed by atoms with van der Waals surface area (Å²) in [4.78, 5) is 28.7. The van der Waals surface area contributed by atoms with E-state index in [-0.39, 0.29) is 24.0 Å². The molecule has 3 aromatic carbocycles. The number of carbonyl (C=O) groups is 2. The topological polar surface area (TPSA) is 92.1 Å². The van der Waals surface area contributed by atoms with Gasteiger partial charge in [0.15, 0.2) is 5.11 Å². The molecule has 0 N–H and O–H groups in total. The van der Waals surface area contributed by atoms with Crippen LogP contribution in [0.2, 0.25) is 0 Å². The van der Waals surface area contributed by atoms with E-state index in [0.717, 1.165) is 10.0 Å². The van der Waals surface area contributed by atoms with Crippen LogP contribution < -0.4 is 14.4 Å². The Kier molecular flexibility index (Phi) is 8.41. The van der Waals surface area contributed by atoms with Crippen LogP contribution in [0.15, 0.2) is 76.9 Å². The van der Waals surface area contributed by atoms with Gasteiger partial charge in [0.25, 0.3) is 5.91 Å². The van der Waals surface area contributed by atoms with Crippen molar-refractivity contribution in [2.75, 3.05) is 25.7 Å². The van der Waals surface area contributed by atoms with Gasteiger partial charge in [0.1, 0.15) is 30.3 Å². The minimum atomic E-state index is -0.554. The van der Waals surface area contributed by atoms with E-state index in [0.29, 0.717) is 28.3 Å². The van der Waals surface area contributed by atoms with Crippen LogP contribution in [0, 0.1) is 11.3 Å². The van der Waals surface area contributed by atoms with Crippen molar-refractivity contribution in [1.29, 1.82) is 5.26 Å². The molecule has 0 spiro atoms. The average Bonchev–Trinajstić information content (AvgIpc) is 3.16. The van der Waals surface area contributed by atoms with Crippen LogP contribution in [-0.2, 0) is 20.9 Å². The zero-order valence-electron chi connectivity index (χ0n) is 20.5. The first kappa shape index (κ1) is 26.9. The number of rotatable bonds is 8. The molecule has 0 saturated carbocycles. The molecule has 3 aromatic rings. The number of esters is 1. The number of hydrogen-bond acceptors (Lipinski definition) is 7. The largest absolute Gasteiger partial charge is 0.497 e. The van der Waals surface area contributed by atoms with Crippen LogP contribution in [0.25, 0.3) is 6.08 Å². The summed E-state index contributed by atoms with van der Waals surface area (Å²) in [6.07, 6.45) is 1.62. The molecule has 10 heteroatoms. The first-order valence-corrected chi connectivity index (χ1v) is 12.5. The van der Waals surface area contributed by atoms with E-state index in [1.54, 1.807) is 61.7 Å². The lowest BCUT2D eigenvalue weighted by atomic mass is 10.1. The molecular formula is C28H22BrN3O5S. The van der Waals surface area contributed by atoms with E-state index in [1.807, 2.05) is 18.2 Å². The number of amides is 1. The lowest BCUT2D eigenvalue weighted by Crippen LogP contribution is -2.35. The van der Waals surface area contributed by atoms with Gasteiger partial charge in [-0.3, -0.25) is 14.5 Å². The Morgan fingerprint density at radius 3 is 2.53 bits per heavy atom. The quantitative estimate of drug-likeness (QED) is 0.204. The summed E-state index contributed by atoms with van der Waals surface area (Å²) in [6.45, 7) is -0.100. The molecule has 1 fully saturated rings. The number of halogens is 1. The van der Waals surface area contributed by atoms with Crippen molar-refractivity contribution >= 4 is 56.9 Å². The second-order valence-corrected chi connectivity index (χ2v) is 9.33. The van der Waals surface area contributed by atoms with Crippen molar-refractivity contribution in [3.8, 4) is 17.6 Å². The second kappa shape index (κ2) is 11.9. The van der Waals surface area contributed by atoms with E-state index in [2.05, 4.69) is 22.0 Å². The molecule has 0 aromatic heterocycles. The number of ether oxygens (including phenoxy) is 3. The maximum Gasteiger partial charge on any atom is 0.325 e. The second-order valence-electron chi connectivity index (χ2n) is 8.05. The summed E-state index contributed by atoms with van der Waals surface area (Å²) in [7, 11) is 2.82. The molecule has 1 aliphatic heterocycles. The molecule has 0 radical (unpaired) electrons. The number of nitriles is 1. The van der Waals surface area contributed by atoms with Crippen molar-refractivity contribution in [1.82, 2.24) is 4.90 Å². The smallest absolute Gasteiger partial charge is 0.325 e. The molecule has 0 bridgehead atoms. The van der Waals surface area contributed by atoms with Gasteiger partial charge in [0.05, 0.1) is 31.5 Å². The lowest BCUT2D eigenvalue weighted by molar-refractivity contribution is -0.140. The number of anilines is 1. The first-order chi connectivity index (χ1) is 18.4. The van der Waals surface area contributed by atoms with Crippen LogP contribution in [0.1, 0.15) is 16.7 Å². The standard InChI is InChI=1S/C28H22BrN3O5S/c1-35-23-10-8-22(9-11-23)32-27(34)24(31(28(32)38)16-26(33)36-2)14-20-13-21(29)7-12-25(20)37-17-19-6-4-3-5-18(19)15-30/h3-14H,16-17H2,1-2H3/b24-14-. The van der Waals surface area contributed by atoms with Gasteiger partial charge in [-0.25, -0.2) is 0 Å². The van der Waals surface area contributed by atoms with Crippen LogP contribution in [0.5, 0.6) is 11.5 Å². The normalized spacial score (nSPS) is 14.0. The fourth-order valence-corrected chi connectivity index (χ4v) is 4.54. The van der Waals surface area contributed by atoms with Gasteiger partial charge in [-0.05, 0) is 66.8 Å². The molecule has 1 aliphatic rings. The van der Waals surface area contributed by atoms with E-state index in [1.165, 1.54) is 16.9 Å². The molecule has 0 atom stereocenters. The van der Waals surface area contributed by atoms with Crippen molar-refractivity contribution < 1.29 is 23.8 Å². The fraction of sp³-hybridized carbons (Fsp3) is 0.143. The summed E-state index contributed by atoms with van der Waals surface area (Å²) < 4.78 is 16.9. The fourth-order valence-electron chi connectivity index (χ4n) is 3.81. The highest BCUT2D eigenvalue weighted by molar-refractivity contribution is 9.10. The van der Waals surface area contributed by atoms with Crippen molar-refractivity contribution in [2.45, 2.75) is 6.61 Å². The molecule has 4 rings (SSSR count). The molecule has 192 valence electrons. The van der Waals surface area contributed by atoms with Crippen molar-refractivity contribution in [3.63, 3.8) is 0 Å². The summed E-state index contributed by atoms with van der Waals surface area (Å²) in [6, 6.07) is 21.5. The zero-order valence-corrected chi connectivity index (χ0v) is 22.9. The lowest BCUT2D eigenvalue weighted by Gasteiger charge is -2.19. The van der Waals surface area contributed by atoms with Gasteiger partial charge in [0, 0.05) is 15.6 Å². The van der Waals surface area contributed by atoms with E-state index < -0.39 is 11.9 Å². The zero-order chi connectivity index (χ0) is 27.2. The van der Waals surface area contributed by atoms with E-state index in [9.17, 15) is 14.9 Å². The van der Waals surface area contributed by atoms with Crippen LogP contribution in [0.3, 0.4) is 0 Å².